The normalized spacial score (nSPS) is 17.4. The molecule has 1 saturated heterocycles. The summed E-state index contributed by atoms with van der Waals surface area (Å²) < 4.78 is 5.32. The van der Waals surface area contributed by atoms with Crippen LogP contribution in [0.3, 0.4) is 0 Å². The molecule has 8 heteroatoms. The summed E-state index contributed by atoms with van der Waals surface area (Å²) in [6.45, 7) is 7.16. The number of hydrogen-bond acceptors (Lipinski definition) is 6. The first-order valence-corrected chi connectivity index (χ1v) is 12.4. The monoisotopic (exact) mass is 479 g/mol. The number of ether oxygens (including phenoxy) is 1. The van der Waals surface area contributed by atoms with Gasteiger partial charge in [-0.3, -0.25) is 14.5 Å². The topological polar surface area (TPSA) is 77.1 Å². The lowest BCUT2D eigenvalue weighted by Gasteiger charge is -2.39. The van der Waals surface area contributed by atoms with Crippen molar-refractivity contribution in [3.63, 3.8) is 0 Å². The lowest BCUT2D eigenvalue weighted by Crippen LogP contribution is -2.49. The molecule has 4 rings (SSSR count). The highest BCUT2D eigenvalue weighted by Crippen LogP contribution is 2.31. The van der Waals surface area contributed by atoms with Crippen molar-refractivity contribution < 1.29 is 14.3 Å². The zero-order chi connectivity index (χ0) is 24.9. The SMILES string of the molecule is COc1ccc(C)cc1NC(=O)C(=O)NCC(c1ccc2c(c1)CCCN2C)N1CCN(C)CC1. The van der Waals surface area contributed by atoms with E-state index in [1.54, 1.807) is 12.1 Å². The lowest BCUT2D eigenvalue weighted by atomic mass is 9.95. The van der Waals surface area contributed by atoms with Crippen molar-refractivity contribution in [2.45, 2.75) is 25.8 Å². The molecule has 2 aliphatic rings. The number of piperazine rings is 1. The molecule has 1 atom stereocenters. The Morgan fingerprint density at radius 3 is 2.51 bits per heavy atom. The molecule has 1 unspecified atom stereocenters. The maximum atomic E-state index is 12.8. The maximum Gasteiger partial charge on any atom is 0.313 e. The van der Waals surface area contributed by atoms with Crippen molar-refractivity contribution in [2.24, 2.45) is 0 Å². The first kappa shape index (κ1) is 25.0. The number of benzene rings is 2. The number of carbonyl (C=O) groups is 2. The number of amides is 2. The van der Waals surface area contributed by atoms with E-state index in [1.807, 2.05) is 13.0 Å². The maximum absolute atomic E-state index is 12.8. The number of methoxy groups -OCH3 is 1. The number of aryl methyl sites for hydroxylation is 2. The third kappa shape index (κ3) is 5.94. The molecular weight excluding hydrogens is 442 g/mol. The Kier molecular flexibility index (Phi) is 7.93. The zero-order valence-electron chi connectivity index (χ0n) is 21.3. The average Bonchev–Trinajstić information content (AvgIpc) is 2.85. The van der Waals surface area contributed by atoms with E-state index in [9.17, 15) is 9.59 Å². The Bertz CT molecular complexity index is 1060. The largest absolute Gasteiger partial charge is 0.495 e. The smallest absolute Gasteiger partial charge is 0.313 e. The molecule has 2 aliphatic heterocycles. The van der Waals surface area contributed by atoms with Gasteiger partial charge in [-0.2, -0.15) is 0 Å². The fourth-order valence-corrected chi connectivity index (χ4v) is 4.97. The molecule has 0 aromatic heterocycles. The molecule has 0 spiro atoms. The van der Waals surface area contributed by atoms with Crippen LogP contribution in [0.2, 0.25) is 0 Å². The van der Waals surface area contributed by atoms with Crippen LogP contribution in [0, 0.1) is 6.92 Å². The Labute approximate surface area is 208 Å². The van der Waals surface area contributed by atoms with E-state index in [0.29, 0.717) is 18.0 Å². The Balaban J connectivity index is 1.48. The van der Waals surface area contributed by atoms with Crippen molar-refractivity contribution in [3.8, 4) is 5.75 Å². The summed E-state index contributed by atoms with van der Waals surface area (Å²) >= 11 is 0. The molecule has 35 heavy (non-hydrogen) atoms. The molecule has 2 N–H and O–H groups in total. The van der Waals surface area contributed by atoms with Gasteiger partial charge in [0.2, 0.25) is 0 Å². The second kappa shape index (κ2) is 11.1. The summed E-state index contributed by atoms with van der Waals surface area (Å²) in [6, 6.07) is 12.1. The van der Waals surface area contributed by atoms with Gasteiger partial charge in [-0.1, -0.05) is 18.2 Å². The number of anilines is 2. The fourth-order valence-electron chi connectivity index (χ4n) is 4.97. The van der Waals surface area contributed by atoms with Crippen molar-refractivity contribution in [3.05, 3.63) is 53.1 Å². The van der Waals surface area contributed by atoms with E-state index in [4.69, 9.17) is 4.74 Å². The second-order valence-corrected chi connectivity index (χ2v) is 9.64. The van der Waals surface area contributed by atoms with Crippen LogP contribution < -0.4 is 20.3 Å². The molecule has 188 valence electrons. The molecule has 2 amide bonds. The molecule has 8 nitrogen and oxygen atoms in total. The number of nitrogens with zero attached hydrogens (tertiary/aromatic N) is 3. The van der Waals surface area contributed by atoms with Crippen LogP contribution >= 0.6 is 0 Å². The number of carbonyl (C=O) groups excluding carboxylic acids is 2. The predicted octanol–water partition coefficient (Wildman–Crippen LogP) is 2.43. The van der Waals surface area contributed by atoms with Crippen molar-refractivity contribution >= 4 is 23.2 Å². The van der Waals surface area contributed by atoms with E-state index in [0.717, 1.165) is 51.1 Å². The zero-order valence-corrected chi connectivity index (χ0v) is 21.3. The highest BCUT2D eigenvalue weighted by atomic mass is 16.5. The van der Waals surface area contributed by atoms with E-state index < -0.39 is 11.8 Å². The van der Waals surface area contributed by atoms with Gasteiger partial charge in [-0.05, 0) is 61.7 Å². The highest BCUT2D eigenvalue weighted by molar-refractivity contribution is 6.39. The van der Waals surface area contributed by atoms with E-state index in [-0.39, 0.29) is 6.04 Å². The van der Waals surface area contributed by atoms with Gasteiger partial charge in [0.15, 0.2) is 0 Å². The average molecular weight is 480 g/mol. The van der Waals surface area contributed by atoms with Gasteiger partial charge in [0.05, 0.1) is 18.8 Å². The number of fused-ring (bicyclic) bond motifs is 1. The van der Waals surface area contributed by atoms with Gasteiger partial charge < -0.3 is 25.2 Å². The van der Waals surface area contributed by atoms with Crippen molar-refractivity contribution in [1.29, 1.82) is 0 Å². The summed E-state index contributed by atoms with van der Waals surface area (Å²) in [6.07, 6.45) is 2.21. The van der Waals surface area contributed by atoms with Crippen molar-refractivity contribution in [2.75, 3.05) is 70.7 Å². The quantitative estimate of drug-likeness (QED) is 0.620. The van der Waals surface area contributed by atoms with Gasteiger partial charge in [-0.15, -0.1) is 0 Å². The molecule has 1 fully saturated rings. The first-order valence-electron chi connectivity index (χ1n) is 12.4. The van der Waals surface area contributed by atoms with E-state index in [2.05, 4.69) is 57.6 Å². The van der Waals surface area contributed by atoms with Crippen LogP contribution in [-0.4, -0.2) is 82.1 Å². The Morgan fingerprint density at radius 1 is 1.00 bits per heavy atom. The molecule has 0 radical (unpaired) electrons. The minimum absolute atomic E-state index is 0.00601. The fraction of sp³-hybridized carbons (Fsp3) is 0.481. The summed E-state index contributed by atoms with van der Waals surface area (Å²) in [5.41, 5.74) is 5.28. The Morgan fingerprint density at radius 2 is 1.77 bits per heavy atom. The first-order chi connectivity index (χ1) is 16.9. The minimum Gasteiger partial charge on any atom is -0.495 e. The number of hydrogen-bond donors (Lipinski definition) is 2. The van der Waals surface area contributed by atoms with Crippen LogP contribution in [0.1, 0.15) is 29.2 Å². The van der Waals surface area contributed by atoms with E-state index in [1.165, 1.54) is 23.9 Å². The molecular formula is C27H37N5O3. The van der Waals surface area contributed by atoms with Crippen LogP contribution in [-0.2, 0) is 16.0 Å². The minimum atomic E-state index is -0.696. The van der Waals surface area contributed by atoms with Gasteiger partial charge in [0.25, 0.3) is 0 Å². The number of likely N-dealkylation sites (N-methyl/N-ethyl adjacent to an activating group) is 1. The van der Waals surface area contributed by atoms with Crippen LogP contribution in [0.15, 0.2) is 36.4 Å². The van der Waals surface area contributed by atoms with Crippen LogP contribution in [0.25, 0.3) is 0 Å². The molecule has 0 bridgehead atoms. The molecule has 0 aliphatic carbocycles. The molecule has 2 aromatic rings. The summed E-state index contributed by atoms with van der Waals surface area (Å²) in [7, 11) is 5.81. The van der Waals surface area contributed by atoms with Gasteiger partial charge in [0, 0.05) is 52.0 Å². The number of nitrogens with one attached hydrogen (secondary N) is 2. The number of rotatable bonds is 6. The van der Waals surface area contributed by atoms with Gasteiger partial charge in [0.1, 0.15) is 5.75 Å². The molecule has 0 saturated carbocycles. The Hall–Kier alpha value is -3.10. The summed E-state index contributed by atoms with van der Waals surface area (Å²) in [4.78, 5) is 32.5. The third-order valence-electron chi connectivity index (χ3n) is 7.08. The molecule has 2 aromatic carbocycles. The van der Waals surface area contributed by atoms with Crippen LogP contribution in [0.5, 0.6) is 5.75 Å². The highest BCUT2D eigenvalue weighted by Gasteiger charge is 2.27. The van der Waals surface area contributed by atoms with E-state index >= 15 is 0 Å². The summed E-state index contributed by atoms with van der Waals surface area (Å²) in [5, 5.41) is 5.59. The lowest BCUT2D eigenvalue weighted by molar-refractivity contribution is -0.136. The molecule has 2 heterocycles. The third-order valence-corrected chi connectivity index (χ3v) is 7.08. The van der Waals surface area contributed by atoms with Gasteiger partial charge in [-0.25, -0.2) is 0 Å². The second-order valence-electron chi connectivity index (χ2n) is 9.64. The van der Waals surface area contributed by atoms with Gasteiger partial charge >= 0.3 is 11.8 Å². The standard InChI is InChI=1S/C27H37N5O3/c1-19-7-10-25(35-4)22(16-19)29-27(34)26(33)28-18-24(32-14-12-30(2)13-15-32)21-8-9-23-20(17-21)6-5-11-31(23)3/h7-10,16-17,24H,5-6,11-15,18H2,1-4H3,(H,28,33)(H,29,34). The van der Waals surface area contributed by atoms with Crippen molar-refractivity contribution in [1.82, 2.24) is 15.1 Å². The summed E-state index contributed by atoms with van der Waals surface area (Å²) in [5.74, 6) is -0.824. The predicted molar refractivity (Wildman–Crippen MR) is 139 cm³/mol. The van der Waals surface area contributed by atoms with Crippen LogP contribution in [0.4, 0.5) is 11.4 Å².